The van der Waals surface area contributed by atoms with Crippen LogP contribution in [-0.2, 0) is 0 Å². The molecule has 1 saturated carbocycles. The first-order valence-electron chi connectivity index (χ1n) is 7.42. The monoisotopic (exact) mass is 280 g/mol. The Kier molecular flexibility index (Phi) is 3.91. The number of amides is 2. The summed E-state index contributed by atoms with van der Waals surface area (Å²) < 4.78 is 0. The fourth-order valence-corrected chi connectivity index (χ4v) is 2.58. The van der Waals surface area contributed by atoms with Gasteiger partial charge < -0.3 is 10.6 Å². The van der Waals surface area contributed by atoms with E-state index in [4.69, 9.17) is 0 Å². The van der Waals surface area contributed by atoms with Gasteiger partial charge in [0.15, 0.2) is 0 Å². The molecule has 1 fully saturated rings. The normalized spacial score (nSPS) is 15.3. The topological polar surface area (TPSA) is 41.1 Å². The first kappa shape index (κ1) is 13.7. The third-order valence-corrected chi connectivity index (χ3v) is 3.93. The first-order valence-corrected chi connectivity index (χ1v) is 7.42. The Balaban J connectivity index is 1.69. The smallest absolute Gasteiger partial charge is 0.319 e. The zero-order valence-electron chi connectivity index (χ0n) is 12.2. The maximum atomic E-state index is 12.3. The van der Waals surface area contributed by atoms with Gasteiger partial charge >= 0.3 is 6.03 Å². The minimum Gasteiger partial charge on any atom is -0.331 e. The summed E-state index contributed by atoms with van der Waals surface area (Å²) in [5.41, 5.74) is 3.10. The number of benzene rings is 2. The molecule has 3 heteroatoms. The van der Waals surface area contributed by atoms with Crippen molar-refractivity contribution < 1.29 is 4.79 Å². The van der Waals surface area contributed by atoms with Gasteiger partial charge in [0.25, 0.3) is 0 Å². The summed E-state index contributed by atoms with van der Waals surface area (Å²) in [5, 5.41) is 6.06. The average Bonchev–Trinajstić information content (AvgIpc) is 3.33. The number of para-hydroxylation sites is 1. The Labute approximate surface area is 125 Å². The molecule has 2 N–H and O–H groups in total. The van der Waals surface area contributed by atoms with Gasteiger partial charge in [-0.2, -0.15) is 0 Å². The van der Waals surface area contributed by atoms with E-state index in [0.29, 0.717) is 5.92 Å². The molecule has 2 aromatic carbocycles. The molecule has 3 rings (SSSR count). The third kappa shape index (κ3) is 3.43. The fraction of sp³-hybridized carbons (Fsp3) is 0.278. The van der Waals surface area contributed by atoms with Crippen LogP contribution in [0, 0.1) is 12.8 Å². The molecule has 0 saturated heterocycles. The van der Waals surface area contributed by atoms with E-state index in [2.05, 4.69) is 22.8 Å². The van der Waals surface area contributed by atoms with Crippen molar-refractivity contribution in [1.82, 2.24) is 5.32 Å². The largest absolute Gasteiger partial charge is 0.331 e. The van der Waals surface area contributed by atoms with Crippen LogP contribution in [0.4, 0.5) is 10.5 Å². The molecule has 2 aromatic rings. The first-order chi connectivity index (χ1) is 10.2. The van der Waals surface area contributed by atoms with E-state index in [0.717, 1.165) is 11.3 Å². The lowest BCUT2D eigenvalue weighted by Crippen LogP contribution is -2.33. The van der Waals surface area contributed by atoms with Crippen molar-refractivity contribution in [2.24, 2.45) is 5.92 Å². The molecule has 1 aliphatic carbocycles. The molecular weight excluding hydrogens is 260 g/mol. The molecule has 1 unspecified atom stereocenters. The Hall–Kier alpha value is -2.29. The number of anilines is 1. The van der Waals surface area contributed by atoms with Crippen LogP contribution in [0.3, 0.4) is 0 Å². The van der Waals surface area contributed by atoms with Crippen molar-refractivity contribution in [3.8, 4) is 0 Å². The maximum Gasteiger partial charge on any atom is 0.319 e. The van der Waals surface area contributed by atoms with Gasteiger partial charge in [0.05, 0.1) is 6.04 Å². The van der Waals surface area contributed by atoms with Crippen molar-refractivity contribution in [1.29, 1.82) is 0 Å². The van der Waals surface area contributed by atoms with Crippen LogP contribution in [0.15, 0.2) is 54.6 Å². The molecule has 0 radical (unpaired) electrons. The average molecular weight is 280 g/mol. The Morgan fingerprint density at radius 2 is 1.71 bits per heavy atom. The number of nitrogens with one attached hydrogen (secondary N) is 2. The SMILES string of the molecule is Cc1ccccc1NC(=O)NC(c1ccccc1)C1CC1. The number of rotatable bonds is 4. The van der Waals surface area contributed by atoms with E-state index in [-0.39, 0.29) is 12.1 Å². The van der Waals surface area contributed by atoms with Crippen molar-refractivity contribution in [2.45, 2.75) is 25.8 Å². The molecule has 3 nitrogen and oxygen atoms in total. The number of hydrogen-bond donors (Lipinski definition) is 2. The van der Waals surface area contributed by atoms with Crippen molar-refractivity contribution >= 4 is 11.7 Å². The zero-order valence-corrected chi connectivity index (χ0v) is 12.2. The standard InChI is InChI=1S/C18H20N2O/c1-13-7-5-6-10-16(13)19-18(21)20-17(15-11-12-15)14-8-3-2-4-9-14/h2-10,15,17H,11-12H2,1H3,(H2,19,20,21). The Morgan fingerprint density at radius 1 is 1.05 bits per heavy atom. The van der Waals surface area contributed by atoms with E-state index in [1.165, 1.54) is 18.4 Å². The van der Waals surface area contributed by atoms with Crippen molar-refractivity contribution in [2.75, 3.05) is 5.32 Å². The molecule has 21 heavy (non-hydrogen) atoms. The Morgan fingerprint density at radius 3 is 2.38 bits per heavy atom. The second-order valence-corrected chi connectivity index (χ2v) is 5.64. The summed E-state index contributed by atoms with van der Waals surface area (Å²) in [7, 11) is 0. The summed E-state index contributed by atoms with van der Waals surface area (Å²) in [4.78, 5) is 12.3. The molecule has 0 aromatic heterocycles. The van der Waals surface area contributed by atoms with Gasteiger partial charge in [-0.15, -0.1) is 0 Å². The second kappa shape index (κ2) is 6.00. The van der Waals surface area contributed by atoms with Crippen LogP contribution in [0.2, 0.25) is 0 Å². The number of aryl methyl sites for hydroxylation is 1. The molecule has 0 heterocycles. The number of carbonyl (C=O) groups is 1. The zero-order chi connectivity index (χ0) is 14.7. The summed E-state index contributed by atoms with van der Waals surface area (Å²) in [6.07, 6.45) is 2.37. The molecule has 1 aliphatic rings. The Bertz CT molecular complexity index is 620. The highest BCUT2D eigenvalue weighted by Crippen LogP contribution is 2.40. The number of carbonyl (C=O) groups excluding carboxylic acids is 1. The van der Waals surface area contributed by atoms with Gasteiger partial charge in [-0.3, -0.25) is 0 Å². The van der Waals surface area contributed by atoms with Crippen molar-refractivity contribution in [3.05, 3.63) is 65.7 Å². The van der Waals surface area contributed by atoms with Gasteiger partial charge in [0.1, 0.15) is 0 Å². The lowest BCUT2D eigenvalue weighted by molar-refractivity contribution is 0.247. The van der Waals surface area contributed by atoms with E-state index in [9.17, 15) is 4.79 Å². The molecule has 0 spiro atoms. The summed E-state index contributed by atoms with van der Waals surface area (Å²) in [6, 6.07) is 18.0. The quantitative estimate of drug-likeness (QED) is 0.863. The molecule has 2 amide bonds. The summed E-state index contributed by atoms with van der Waals surface area (Å²) in [5.74, 6) is 0.565. The van der Waals surface area contributed by atoms with Gasteiger partial charge in [0, 0.05) is 5.69 Å². The predicted molar refractivity (Wildman–Crippen MR) is 85.2 cm³/mol. The highest BCUT2D eigenvalue weighted by Gasteiger charge is 2.33. The van der Waals surface area contributed by atoms with E-state index in [1.54, 1.807) is 0 Å². The van der Waals surface area contributed by atoms with Crippen LogP contribution >= 0.6 is 0 Å². The van der Waals surface area contributed by atoms with Crippen LogP contribution in [-0.4, -0.2) is 6.03 Å². The molecular formula is C18H20N2O. The molecule has 0 aliphatic heterocycles. The summed E-state index contributed by atoms with van der Waals surface area (Å²) >= 11 is 0. The molecule has 1 atom stereocenters. The second-order valence-electron chi connectivity index (χ2n) is 5.64. The predicted octanol–water partition coefficient (Wildman–Crippen LogP) is 4.27. The van der Waals surface area contributed by atoms with Crippen LogP contribution in [0.25, 0.3) is 0 Å². The van der Waals surface area contributed by atoms with Crippen molar-refractivity contribution in [3.63, 3.8) is 0 Å². The fourth-order valence-electron chi connectivity index (χ4n) is 2.58. The lowest BCUT2D eigenvalue weighted by atomic mass is 10.0. The van der Waals surface area contributed by atoms with Gasteiger partial charge in [-0.05, 0) is 42.9 Å². The number of hydrogen-bond acceptors (Lipinski definition) is 1. The molecule has 0 bridgehead atoms. The third-order valence-electron chi connectivity index (χ3n) is 3.93. The number of urea groups is 1. The minimum absolute atomic E-state index is 0.107. The van der Waals surface area contributed by atoms with Crippen LogP contribution < -0.4 is 10.6 Å². The van der Waals surface area contributed by atoms with E-state index in [1.807, 2.05) is 49.4 Å². The lowest BCUT2D eigenvalue weighted by Gasteiger charge is -2.19. The van der Waals surface area contributed by atoms with E-state index >= 15 is 0 Å². The highest BCUT2D eigenvalue weighted by atomic mass is 16.2. The minimum atomic E-state index is -0.134. The van der Waals surface area contributed by atoms with Gasteiger partial charge in [0.2, 0.25) is 0 Å². The van der Waals surface area contributed by atoms with Gasteiger partial charge in [-0.1, -0.05) is 48.5 Å². The highest BCUT2D eigenvalue weighted by molar-refractivity contribution is 5.90. The van der Waals surface area contributed by atoms with Gasteiger partial charge in [-0.25, -0.2) is 4.79 Å². The van der Waals surface area contributed by atoms with Crippen LogP contribution in [0.5, 0.6) is 0 Å². The molecule has 108 valence electrons. The van der Waals surface area contributed by atoms with Crippen LogP contribution in [0.1, 0.15) is 30.0 Å². The summed E-state index contributed by atoms with van der Waals surface area (Å²) in [6.45, 7) is 1.99. The van der Waals surface area contributed by atoms with E-state index < -0.39 is 0 Å². The maximum absolute atomic E-state index is 12.3.